The van der Waals surface area contributed by atoms with E-state index in [4.69, 9.17) is 9.72 Å². The lowest BCUT2D eigenvalue weighted by molar-refractivity contribution is -0.136. The van der Waals surface area contributed by atoms with E-state index in [-0.39, 0.29) is 18.7 Å². The van der Waals surface area contributed by atoms with Gasteiger partial charge in [0, 0.05) is 79.6 Å². The molecule has 0 saturated carbocycles. The second-order valence-corrected chi connectivity index (χ2v) is 17.1. The average Bonchev–Trinajstić information content (AvgIpc) is 3.99. The normalized spacial score (nSPS) is 21.8. The number of imide groups is 2. The average molecular weight is 836 g/mol. The van der Waals surface area contributed by atoms with Gasteiger partial charge in [0.15, 0.2) is 0 Å². The molecule has 5 aromatic rings. The first-order valence-electron chi connectivity index (χ1n) is 21.9. The number of nitrogens with one attached hydrogen (secondary N) is 3. The number of aromatic nitrogens is 3. The molecule has 3 N–H and O–H groups in total. The number of rotatable bonds is 8. The molecule has 7 heterocycles. The maximum absolute atomic E-state index is 12.8. The smallest absolute Gasteiger partial charge is 0.262 e. The lowest BCUT2D eigenvalue weighted by Gasteiger charge is -2.27. The minimum atomic E-state index is -0.916. The number of amides is 4. The lowest BCUT2D eigenvalue weighted by atomic mass is 9.92. The maximum atomic E-state index is 12.8. The summed E-state index contributed by atoms with van der Waals surface area (Å²) in [5, 5.41) is 10.0. The van der Waals surface area contributed by atoms with Crippen LogP contribution >= 0.6 is 0 Å². The summed E-state index contributed by atoms with van der Waals surface area (Å²) >= 11 is 0. The Balaban J connectivity index is 0.000000171. The SMILES string of the molecule is CC1CCN(c2ccc3c(c2)C(=O)N(C2CCC(=O)NC2=O)C3=O)C1.CCC1CN(c2ccc(Nc3ncc4ccc(-c5cnc6c(c5C)NCCO6)cc4n3)cc2)CC1CC. The van der Waals surface area contributed by atoms with Crippen molar-refractivity contribution in [2.24, 2.45) is 17.8 Å². The van der Waals surface area contributed by atoms with Gasteiger partial charge in [0.2, 0.25) is 23.6 Å². The Bertz CT molecular complexity index is 2550. The standard InChI is InChI=1S/C30H34N6O.C18H19N3O4/c1-4-20-17-36(18-21(20)5-2)25-10-8-24(9-11-25)34-30-33-15-23-7-6-22(14-27(23)35-30)26-16-32-29-28(19(26)3)31-12-13-37-29;1-10-6-7-20(9-10)11-2-3-12-13(8-11)18(25)21(17(12)24)14-4-5-15(22)19-16(14)23/h6-11,14-16,20-21,31H,4-5,12-13,17-18H2,1-3H3,(H,33,34,35);2-3,8,10,14H,4-7,9H2,1H3,(H,19,22,23). The molecular weight excluding hydrogens is 783 g/mol. The fourth-order valence-corrected chi connectivity index (χ4v) is 9.55. The van der Waals surface area contributed by atoms with Crippen molar-refractivity contribution in [3.05, 3.63) is 89.7 Å². The number of hydrogen-bond donors (Lipinski definition) is 3. The van der Waals surface area contributed by atoms with Crippen LogP contribution in [-0.4, -0.2) is 88.9 Å². The summed E-state index contributed by atoms with van der Waals surface area (Å²) < 4.78 is 5.69. The van der Waals surface area contributed by atoms with Crippen LogP contribution in [0.2, 0.25) is 0 Å². The van der Waals surface area contributed by atoms with Crippen LogP contribution in [0.3, 0.4) is 0 Å². The van der Waals surface area contributed by atoms with E-state index in [9.17, 15) is 19.2 Å². The summed E-state index contributed by atoms with van der Waals surface area (Å²) in [6, 6.07) is 19.3. The number of piperidine rings is 1. The number of carbonyl (C=O) groups excluding carboxylic acids is 4. The van der Waals surface area contributed by atoms with E-state index >= 15 is 0 Å². The number of fused-ring (bicyclic) bond motifs is 3. The highest BCUT2D eigenvalue weighted by Gasteiger charge is 2.45. The molecule has 0 bridgehead atoms. The van der Waals surface area contributed by atoms with Crippen molar-refractivity contribution in [3.63, 3.8) is 0 Å². The Morgan fingerprint density at radius 2 is 1.56 bits per heavy atom. The second-order valence-electron chi connectivity index (χ2n) is 17.1. The quantitative estimate of drug-likeness (QED) is 0.134. The van der Waals surface area contributed by atoms with Crippen molar-refractivity contribution < 1.29 is 23.9 Å². The van der Waals surface area contributed by atoms with Gasteiger partial charge >= 0.3 is 0 Å². The summed E-state index contributed by atoms with van der Waals surface area (Å²) in [6.45, 7) is 14.5. The van der Waals surface area contributed by atoms with Gasteiger partial charge < -0.3 is 25.2 Å². The van der Waals surface area contributed by atoms with Gasteiger partial charge in [-0.05, 0) is 97.2 Å². The molecule has 5 aliphatic heterocycles. The van der Waals surface area contributed by atoms with Crippen LogP contribution in [0.25, 0.3) is 22.0 Å². The molecule has 14 nitrogen and oxygen atoms in total. The number of ether oxygens (including phenoxy) is 1. The predicted octanol–water partition coefficient (Wildman–Crippen LogP) is 7.35. The van der Waals surface area contributed by atoms with Gasteiger partial charge in [0.25, 0.3) is 11.8 Å². The Morgan fingerprint density at radius 1 is 0.806 bits per heavy atom. The molecule has 4 amide bonds. The zero-order chi connectivity index (χ0) is 43.1. The monoisotopic (exact) mass is 835 g/mol. The fraction of sp³-hybridized carbons (Fsp3) is 0.396. The third-order valence-electron chi connectivity index (χ3n) is 13.2. The van der Waals surface area contributed by atoms with Gasteiger partial charge in [-0.15, -0.1) is 0 Å². The summed E-state index contributed by atoms with van der Waals surface area (Å²) in [4.78, 5) is 68.4. The molecule has 62 heavy (non-hydrogen) atoms. The maximum Gasteiger partial charge on any atom is 0.262 e. The number of benzene rings is 3. The van der Waals surface area contributed by atoms with Gasteiger partial charge in [-0.1, -0.05) is 45.7 Å². The molecule has 3 saturated heterocycles. The summed E-state index contributed by atoms with van der Waals surface area (Å²) in [5.41, 5.74) is 9.00. The van der Waals surface area contributed by atoms with Crippen molar-refractivity contribution in [1.82, 2.24) is 25.2 Å². The minimum absolute atomic E-state index is 0.126. The van der Waals surface area contributed by atoms with Gasteiger partial charge in [-0.2, -0.15) is 0 Å². The van der Waals surface area contributed by atoms with Crippen LogP contribution in [0.15, 0.2) is 73.1 Å². The number of nitrogens with zero attached hydrogens (tertiary/aromatic N) is 6. The Hall–Kier alpha value is -6.57. The van der Waals surface area contributed by atoms with E-state index in [1.807, 2.05) is 18.5 Å². The van der Waals surface area contributed by atoms with E-state index in [1.165, 1.54) is 18.5 Å². The molecule has 0 radical (unpaired) electrons. The van der Waals surface area contributed by atoms with Crippen LogP contribution < -0.4 is 30.5 Å². The molecule has 3 fully saturated rings. The fourth-order valence-electron chi connectivity index (χ4n) is 9.55. The molecule has 4 atom stereocenters. The molecule has 3 aromatic carbocycles. The first-order chi connectivity index (χ1) is 30.1. The van der Waals surface area contributed by atoms with Crippen molar-refractivity contribution in [2.75, 3.05) is 59.8 Å². The Labute approximate surface area is 361 Å². The van der Waals surface area contributed by atoms with Crippen molar-refractivity contribution in [3.8, 4) is 17.0 Å². The van der Waals surface area contributed by atoms with Gasteiger partial charge in [0.1, 0.15) is 18.3 Å². The Kier molecular flexibility index (Phi) is 11.2. The molecule has 320 valence electrons. The molecule has 5 aliphatic rings. The molecule has 10 rings (SSSR count). The van der Waals surface area contributed by atoms with Crippen LogP contribution in [-0.2, 0) is 9.59 Å². The van der Waals surface area contributed by atoms with E-state index < -0.39 is 23.8 Å². The molecule has 0 spiro atoms. The molecular formula is C48H53N9O5. The molecule has 0 aliphatic carbocycles. The zero-order valence-corrected chi connectivity index (χ0v) is 35.7. The second kappa shape index (κ2) is 17.1. The highest BCUT2D eigenvalue weighted by molar-refractivity contribution is 6.23. The van der Waals surface area contributed by atoms with Crippen LogP contribution in [0, 0.1) is 24.7 Å². The zero-order valence-electron chi connectivity index (χ0n) is 35.7. The first kappa shape index (κ1) is 40.8. The minimum Gasteiger partial charge on any atom is -0.474 e. The van der Waals surface area contributed by atoms with E-state index in [0.29, 0.717) is 35.5 Å². The molecule has 14 heteroatoms. The van der Waals surface area contributed by atoms with Crippen molar-refractivity contribution >= 4 is 63.2 Å². The van der Waals surface area contributed by atoms with E-state index in [1.54, 1.807) is 12.1 Å². The number of carbonyl (C=O) groups is 4. The summed E-state index contributed by atoms with van der Waals surface area (Å²) in [5.74, 6) is 1.58. The van der Waals surface area contributed by atoms with Gasteiger partial charge in [-0.25, -0.2) is 15.0 Å². The van der Waals surface area contributed by atoms with Gasteiger partial charge in [0.05, 0.1) is 16.6 Å². The topological polar surface area (TPSA) is 162 Å². The highest BCUT2D eigenvalue weighted by atomic mass is 16.5. The lowest BCUT2D eigenvalue weighted by Crippen LogP contribution is -2.54. The van der Waals surface area contributed by atoms with Gasteiger partial charge in [-0.3, -0.25) is 29.4 Å². The molecule has 2 aromatic heterocycles. The molecule has 4 unspecified atom stereocenters. The van der Waals surface area contributed by atoms with Crippen LogP contribution in [0.4, 0.5) is 28.7 Å². The first-order valence-corrected chi connectivity index (χ1v) is 21.9. The highest BCUT2D eigenvalue weighted by Crippen LogP contribution is 2.37. The van der Waals surface area contributed by atoms with Crippen LogP contribution in [0.1, 0.15) is 79.2 Å². The summed E-state index contributed by atoms with van der Waals surface area (Å²) in [7, 11) is 0. The van der Waals surface area contributed by atoms with Crippen molar-refractivity contribution in [1.29, 1.82) is 0 Å². The van der Waals surface area contributed by atoms with Crippen molar-refractivity contribution in [2.45, 2.75) is 65.8 Å². The number of pyridine rings is 1. The largest absolute Gasteiger partial charge is 0.474 e. The van der Waals surface area contributed by atoms with Crippen LogP contribution in [0.5, 0.6) is 5.88 Å². The number of anilines is 5. The van der Waals surface area contributed by atoms with E-state index in [2.05, 4.69) is 106 Å². The van der Waals surface area contributed by atoms with E-state index in [0.717, 1.165) is 101 Å². The Morgan fingerprint density at radius 3 is 2.29 bits per heavy atom. The summed E-state index contributed by atoms with van der Waals surface area (Å²) in [6.07, 6.45) is 7.67. The third kappa shape index (κ3) is 7.89. The number of hydrogen-bond acceptors (Lipinski definition) is 12. The predicted molar refractivity (Wildman–Crippen MR) is 240 cm³/mol. The third-order valence-corrected chi connectivity index (χ3v) is 13.2.